The summed E-state index contributed by atoms with van der Waals surface area (Å²) in [5, 5.41) is 15.7. The second-order valence-electron chi connectivity index (χ2n) is 4.32. The molecule has 0 unspecified atom stereocenters. The predicted molar refractivity (Wildman–Crippen MR) is 57.2 cm³/mol. The highest BCUT2D eigenvalue weighted by molar-refractivity contribution is 5.76. The van der Waals surface area contributed by atoms with Crippen molar-refractivity contribution in [2.45, 2.75) is 32.1 Å². The van der Waals surface area contributed by atoms with Gasteiger partial charge in [0, 0.05) is 0 Å². The fraction of sp³-hybridized carbons (Fsp3) is 0.556. The molecule has 0 saturated heterocycles. The maximum absolute atomic E-state index is 12.5. The summed E-state index contributed by atoms with van der Waals surface area (Å²) in [6.45, 7) is 1.10. The molecule has 106 valence electrons. The monoisotopic (exact) mass is 280 g/mol. The van der Waals surface area contributed by atoms with Crippen LogP contribution in [-0.4, -0.2) is 32.3 Å². The second kappa shape index (κ2) is 4.86. The third kappa shape index (κ3) is 3.66. The minimum Gasteiger partial charge on any atom is -0.341 e. The van der Waals surface area contributed by atoms with Crippen LogP contribution in [0.1, 0.15) is 13.8 Å². The summed E-state index contributed by atoms with van der Waals surface area (Å²) in [7, 11) is 0. The van der Waals surface area contributed by atoms with Crippen LogP contribution < -0.4 is 5.32 Å². The first-order valence-electron chi connectivity index (χ1n) is 5.07. The molecule has 0 bridgehead atoms. The Kier molecular flexibility index (Phi) is 3.82. The topological polar surface area (TPSA) is 90.1 Å². The Hall–Kier alpha value is -2.13. The first-order valence-corrected chi connectivity index (χ1v) is 5.07. The number of nitro groups is 1. The van der Waals surface area contributed by atoms with Crippen LogP contribution in [0.15, 0.2) is 12.4 Å². The van der Waals surface area contributed by atoms with Crippen molar-refractivity contribution in [1.82, 2.24) is 15.1 Å². The van der Waals surface area contributed by atoms with Gasteiger partial charge in [0.15, 0.2) is 0 Å². The van der Waals surface area contributed by atoms with E-state index in [2.05, 4.69) is 5.10 Å². The second-order valence-corrected chi connectivity index (χ2v) is 4.32. The maximum Gasteiger partial charge on any atom is 0.410 e. The van der Waals surface area contributed by atoms with E-state index in [1.807, 2.05) is 0 Å². The van der Waals surface area contributed by atoms with Gasteiger partial charge in [-0.2, -0.15) is 18.3 Å². The molecule has 1 aromatic rings. The summed E-state index contributed by atoms with van der Waals surface area (Å²) >= 11 is 0. The fourth-order valence-electron chi connectivity index (χ4n) is 1.14. The van der Waals surface area contributed by atoms with E-state index < -0.39 is 29.1 Å². The van der Waals surface area contributed by atoms with Crippen molar-refractivity contribution in [2.24, 2.45) is 0 Å². The zero-order valence-electron chi connectivity index (χ0n) is 10.1. The molecular formula is C9H11F3N4O3. The van der Waals surface area contributed by atoms with Gasteiger partial charge >= 0.3 is 11.9 Å². The molecule has 7 nitrogen and oxygen atoms in total. The van der Waals surface area contributed by atoms with Crippen molar-refractivity contribution in [3.8, 4) is 0 Å². The standard InChI is InChI=1S/C9H11F3N4O3/c1-8(2,9(10,11)12)14-7(17)5-15-4-6(3-13-15)16(18)19/h3-4H,5H2,1-2H3,(H,14,17). The van der Waals surface area contributed by atoms with Crippen LogP contribution in [0.2, 0.25) is 0 Å². The van der Waals surface area contributed by atoms with Crippen LogP contribution in [0, 0.1) is 10.1 Å². The number of nitrogens with one attached hydrogen (secondary N) is 1. The fourth-order valence-corrected chi connectivity index (χ4v) is 1.14. The molecule has 1 aromatic heterocycles. The van der Waals surface area contributed by atoms with E-state index in [1.165, 1.54) is 0 Å². The normalized spacial score (nSPS) is 12.3. The van der Waals surface area contributed by atoms with Gasteiger partial charge < -0.3 is 5.32 Å². The summed E-state index contributed by atoms with van der Waals surface area (Å²) in [5.74, 6) is -0.944. The molecule has 1 N–H and O–H groups in total. The van der Waals surface area contributed by atoms with E-state index in [-0.39, 0.29) is 5.69 Å². The van der Waals surface area contributed by atoms with Gasteiger partial charge in [0.2, 0.25) is 5.91 Å². The number of carbonyl (C=O) groups excluding carboxylic acids is 1. The molecule has 19 heavy (non-hydrogen) atoms. The smallest absolute Gasteiger partial charge is 0.341 e. The van der Waals surface area contributed by atoms with Gasteiger partial charge in [-0.15, -0.1) is 0 Å². The van der Waals surface area contributed by atoms with E-state index in [4.69, 9.17) is 0 Å². The summed E-state index contributed by atoms with van der Waals surface area (Å²) in [6, 6.07) is 0. The van der Waals surface area contributed by atoms with Gasteiger partial charge in [-0.25, -0.2) is 0 Å². The number of rotatable bonds is 4. The minimum absolute atomic E-state index is 0.345. The molecule has 0 radical (unpaired) electrons. The molecule has 0 fully saturated rings. The highest BCUT2D eigenvalue weighted by Gasteiger charge is 2.48. The van der Waals surface area contributed by atoms with E-state index in [0.717, 1.165) is 30.9 Å². The molecule has 0 aliphatic rings. The maximum atomic E-state index is 12.5. The molecule has 10 heteroatoms. The van der Waals surface area contributed by atoms with Crippen LogP contribution in [-0.2, 0) is 11.3 Å². The minimum atomic E-state index is -4.60. The summed E-state index contributed by atoms with van der Waals surface area (Å²) in [4.78, 5) is 21.1. The molecule has 0 aromatic carbocycles. The van der Waals surface area contributed by atoms with E-state index in [9.17, 15) is 28.1 Å². The van der Waals surface area contributed by atoms with Crippen molar-refractivity contribution in [3.05, 3.63) is 22.5 Å². The highest BCUT2D eigenvalue weighted by atomic mass is 19.4. The zero-order valence-corrected chi connectivity index (χ0v) is 10.1. The van der Waals surface area contributed by atoms with Crippen LogP contribution in [0.4, 0.5) is 18.9 Å². The van der Waals surface area contributed by atoms with Crippen molar-refractivity contribution < 1.29 is 22.9 Å². The summed E-state index contributed by atoms with van der Waals surface area (Å²) < 4.78 is 38.4. The number of hydrogen-bond donors (Lipinski definition) is 1. The zero-order chi connectivity index (χ0) is 14.8. The lowest BCUT2D eigenvalue weighted by Crippen LogP contribution is -2.54. The van der Waals surface area contributed by atoms with Gasteiger partial charge in [0.1, 0.15) is 24.5 Å². The number of hydrogen-bond acceptors (Lipinski definition) is 4. The SMILES string of the molecule is CC(C)(NC(=O)Cn1cc([N+](=O)[O-])cn1)C(F)(F)F. The average molecular weight is 280 g/mol. The molecule has 1 rings (SSSR count). The van der Waals surface area contributed by atoms with Crippen LogP contribution in [0.25, 0.3) is 0 Å². The third-order valence-electron chi connectivity index (χ3n) is 2.30. The number of amides is 1. The molecule has 1 amide bonds. The summed E-state index contributed by atoms with van der Waals surface area (Å²) in [5.41, 5.74) is -2.73. The van der Waals surface area contributed by atoms with Crippen LogP contribution in [0.5, 0.6) is 0 Å². The quantitative estimate of drug-likeness (QED) is 0.663. The Balaban J connectivity index is 2.68. The molecule has 0 saturated carbocycles. The molecule has 0 aliphatic heterocycles. The Morgan fingerprint density at radius 1 is 1.53 bits per heavy atom. The lowest BCUT2D eigenvalue weighted by molar-refractivity contribution is -0.385. The van der Waals surface area contributed by atoms with Gasteiger partial charge in [-0.1, -0.05) is 0 Å². The molecule has 0 atom stereocenters. The van der Waals surface area contributed by atoms with E-state index >= 15 is 0 Å². The Bertz CT molecular complexity index is 495. The number of aromatic nitrogens is 2. The van der Waals surface area contributed by atoms with Crippen molar-refractivity contribution in [3.63, 3.8) is 0 Å². The van der Waals surface area contributed by atoms with Crippen LogP contribution >= 0.6 is 0 Å². The molecule has 0 aliphatic carbocycles. The average Bonchev–Trinajstić information content (AvgIpc) is 2.63. The van der Waals surface area contributed by atoms with Crippen molar-refractivity contribution in [2.75, 3.05) is 0 Å². The molecule has 1 heterocycles. The lowest BCUT2D eigenvalue weighted by Gasteiger charge is -2.28. The first-order chi connectivity index (χ1) is 8.53. The van der Waals surface area contributed by atoms with Gasteiger partial charge in [-0.3, -0.25) is 19.6 Å². The van der Waals surface area contributed by atoms with Crippen molar-refractivity contribution >= 4 is 11.6 Å². The van der Waals surface area contributed by atoms with Crippen molar-refractivity contribution in [1.29, 1.82) is 0 Å². The van der Waals surface area contributed by atoms with Gasteiger partial charge in [0.25, 0.3) is 0 Å². The number of nitrogens with zero attached hydrogens (tertiary/aromatic N) is 3. The Labute approximate surface area is 105 Å². The third-order valence-corrected chi connectivity index (χ3v) is 2.30. The van der Waals surface area contributed by atoms with E-state index in [0.29, 0.717) is 0 Å². The number of halogens is 3. The van der Waals surface area contributed by atoms with Crippen LogP contribution in [0.3, 0.4) is 0 Å². The highest BCUT2D eigenvalue weighted by Crippen LogP contribution is 2.29. The molecule has 0 spiro atoms. The first kappa shape index (κ1) is 14.9. The van der Waals surface area contributed by atoms with E-state index in [1.54, 1.807) is 5.32 Å². The Morgan fingerprint density at radius 2 is 2.11 bits per heavy atom. The summed E-state index contributed by atoms with van der Waals surface area (Å²) in [6.07, 6.45) is -2.73. The van der Waals surface area contributed by atoms with Gasteiger partial charge in [-0.05, 0) is 13.8 Å². The number of carbonyl (C=O) groups is 1. The predicted octanol–water partition coefficient (Wildman–Crippen LogP) is 1.25. The Morgan fingerprint density at radius 3 is 2.53 bits per heavy atom. The largest absolute Gasteiger partial charge is 0.410 e. The number of alkyl halides is 3. The lowest BCUT2D eigenvalue weighted by atomic mass is 10.1. The van der Waals surface area contributed by atoms with Gasteiger partial charge in [0.05, 0.1) is 4.92 Å². The molecular weight excluding hydrogens is 269 g/mol.